The fourth-order valence-electron chi connectivity index (χ4n) is 3.84. The average molecular weight is 501 g/mol. The molecule has 0 aliphatic rings. The number of primary amides is 1. The predicted molar refractivity (Wildman–Crippen MR) is 122 cm³/mol. The molecule has 0 saturated heterocycles. The molecule has 1 atom stereocenters. The van der Waals surface area contributed by atoms with Crippen LogP contribution >= 0.6 is 0 Å². The molecule has 0 radical (unpaired) electrons. The molecule has 0 aliphatic heterocycles. The molecule has 186 valence electrons. The van der Waals surface area contributed by atoms with Crippen molar-refractivity contribution < 1.29 is 22.4 Å². The first-order chi connectivity index (χ1) is 16.8. The van der Waals surface area contributed by atoms with Gasteiger partial charge < -0.3 is 11.5 Å². The van der Waals surface area contributed by atoms with Gasteiger partial charge in [0.15, 0.2) is 5.69 Å². The Morgan fingerprint density at radius 1 is 1.08 bits per heavy atom. The largest absolute Gasteiger partial charge is 0.416 e. The minimum atomic E-state index is -4.66. The summed E-state index contributed by atoms with van der Waals surface area (Å²) in [5, 5.41) is 11.6. The standard InChI is InChI=1S/C23H19F4N7O2/c1-11(12-3-14(23(25,26)27)7-16(28)5-12)18-9-20(35)34(31-21(18)22(29)36)17-6-13(4-15(24)8-17)19-10-30-32-33(19)2/h3-11H,28H2,1-2H3,(H2,29,36). The van der Waals surface area contributed by atoms with Crippen molar-refractivity contribution in [3.05, 3.63) is 87.2 Å². The number of hydrogen-bond acceptors (Lipinski definition) is 6. The highest BCUT2D eigenvalue weighted by atomic mass is 19.4. The number of nitrogen functional groups attached to an aromatic ring is 1. The molecular formula is C23H19F4N7O2. The van der Waals surface area contributed by atoms with Gasteiger partial charge in [0.05, 0.1) is 23.1 Å². The van der Waals surface area contributed by atoms with Crippen LogP contribution in [0.5, 0.6) is 0 Å². The van der Waals surface area contributed by atoms with E-state index in [2.05, 4.69) is 15.4 Å². The van der Waals surface area contributed by atoms with Crippen LogP contribution in [-0.2, 0) is 13.2 Å². The lowest BCUT2D eigenvalue weighted by Crippen LogP contribution is -2.28. The number of carbonyl (C=O) groups is 1. The van der Waals surface area contributed by atoms with Gasteiger partial charge in [-0.25, -0.2) is 9.07 Å². The molecule has 1 amide bonds. The first kappa shape index (κ1) is 24.6. The molecule has 0 spiro atoms. The van der Waals surface area contributed by atoms with E-state index < -0.39 is 34.9 Å². The van der Waals surface area contributed by atoms with Crippen molar-refractivity contribution in [2.75, 3.05) is 5.73 Å². The molecule has 36 heavy (non-hydrogen) atoms. The van der Waals surface area contributed by atoms with Gasteiger partial charge in [-0.1, -0.05) is 12.1 Å². The molecule has 2 heterocycles. The Hall–Kier alpha value is -4.55. The third kappa shape index (κ3) is 4.67. The highest BCUT2D eigenvalue weighted by molar-refractivity contribution is 5.92. The lowest BCUT2D eigenvalue weighted by molar-refractivity contribution is -0.137. The van der Waals surface area contributed by atoms with Gasteiger partial charge in [0.1, 0.15) is 5.82 Å². The van der Waals surface area contributed by atoms with E-state index in [4.69, 9.17) is 11.5 Å². The van der Waals surface area contributed by atoms with Gasteiger partial charge in [0.25, 0.3) is 11.5 Å². The van der Waals surface area contributed by atoms with Crippen molar-refractivity contribution in [2.24, 2.45) is 12.8 Å². The second kappa shape index (κ2) is 8.91. The Morgan fingerprint density at radius 2 is 1.81 bits per heavy atom. The van der Waals surface area contributed by atoms with E-state index in [0.29, 0.717) is 11.3 Å². The third-order valence-electron chi connectivity index (χ3n) is 5.60. The Morgan fingerprint density at radius 3 is 2.42 bits per heavy atom. The number of aromatic nitrogens is 5. The minimum Gasteiger partial charge on any atom is -0.399 e. The predicted octanol–water partition coefficient (Wildman–Crippen LogP) is 3.02. The van der Waals surface area contributed by atoms with E-state index in [1.165, 1.54) is 36.0 Å². The van der Waals surface area contributed by atoms with E-state index in [0.717, 1.165) is 28.9 Å². The lowest BCUT2D eigenvalue weighted by atomic mass is 9.90. The molecule has 4 N–H and O–H groups in total. The molecule has 13 heteroatoms. The molecular weight excluding hydrogens is 482 g/mol. The highest BCUT2D eigenvalue weighted by Gasteiger charge is 2.32. The van der Waals surface area contributed by atoms with Gasteiger partial charge in [-0.05, 0) is 47.5 Å². The van der Waals surface area contributed by atoms with Crippen LogP contribution in [0.1, 0.15) is 40.0 Å². The molecule has 0 aliphatic carbocycles. The van der Waals surface area contributed by atoms with Crippen LogP contribution in [0, 0.1) is 5.82 Å². The zero-order valence-electron chi connectivity index (χ0n) is 18.9. The van der Waals surface area contributed by atoms with Crippen LogP contribution in [0.2, 0.25) is 0 Å². The molecule has 2 aromatic heterocycles. The number of rotatable bonds is 5. The van der Waals surface area contributed by atoms with Crippen molar-refractivity contribution in [1.82, 2.24) is 24.8 Å². The van der Waals surface area contributed by atoms with E-state index in [1.54, 1.807) is 7.05 Å². The topological polar surface area (TPSA) is 135 Å². The fraction of sp³-hybridized carbons (Fsp3) is 0.174. The normalized spacial score (nSPS) is 12.5. The number of nitrogens with two attached hydrogens (primary N) is 2. The zero-order valence-corrected chi connectivity index (χ0v) is 18.9. The van der Waals surface area contributed by atoms with Crippen molar-refractivity contribution in [3.63, 3.8) is 0 Å². The SMILES string of the molecule is CC(c1cc(N)cc(C(F)(F)F)c1)c1cc(=O)n(-c2cc(F)cc(-c3cnnn3C)c2)nc1C(N)=O. The molecule has 0 saturated carbocycles. The molecule has 2 aromatic carbocycles. The molecule has 4 rings (SSSR count). The first-order valence-corrected chi connectivity index (χ1v) is 10.4. The summed E-state index contributed by atoms with van der Waals surface area (Å²) in [5.41, 5.74) is 9.76. The number of alkyl halides is 3. The summed E-state index contributed by atoms with van der Waals surface area (Å²) in [6.45, 7) is 1.48. The zero-order chi connectivity index (χ0) is 26.4. The van der Waals surface area contributed by atoms with Crippen LogP contribution in [0.15, 0.2) is 53.5 Å². The number of hydrogen-bond donors (Lipinski definition) is 2. The Kier molecular flexibility index (Phi) is 6.08. The first-order valence-electron chi connectivity index (χ1n) is 10.4. The monoisotopic (exact) mass is 501 g/mol. The maximum atomic E-state index is 14.4. The number of amides is 1. The Balaban J connectivity index is 1.86. The van der Waals surface area contributed by atoms with E-state index in [9.17, 15) is 27.2 Å². The molecule has 0 bridgehead atoms. The van der Waals surface area contributed by atoms with Crippen LogP contribution in [0.3, 0.4) is 0 Å². The second-order valence-electron chi connectivity index (χ2n) is 8.11. The number of carbonyl (C=O) groups excluding carboxylic acids is 1. The minimum absolute atomic E-state index is 0.00469. The highest BCUT2D eigenvalue weighted by Crippen LogP contribution is 2.35. The molecule has 9 nitrogen and oxygen atoms in total. The number of aryl methyl sites for hydroxylation is 1. The quantitative estimate of drug-likeness (QED) is 0.319. The summed E-state index contributed by atoms with van der Waals surface area (Å²) >= 11 is 0. The van der Waals surface area contributed by atoms with Gasteiger partial charge in [-0.15, -0.1) is 5.10 Å². The maximum Gasteiger partial charge on any atom is 0.416 e. The van der Waals surface area contributed by atoms with E-state index in [-0.39, 0.29) is 28.2 Å². The Bertz CT molecular complexity index is 1540. The maximum absolute atomic E-state index is 14.4. The summed E-state index contributed by atoms with van der Waals surface area (Å²) in [4.78, 5) is 25.3. The second-order valence-corrected chi connectivity index (χ2v) is 8.11. The molecule has 1 unspecified atom stereocenters. The van der Waals surface area contributed by atoms with Gasteiger partial charge >= 0.3 is 6.18 Å². The van der Waals surface area contributed by atoms with Crippen molar-refractivity contribution in [1.29, 1.82) is 0 Å². The summed E-state index contributed by atoms with van der Waals surface area (Å²) in [5.74, 6) is -2.64. The summed E-state index contributed by atoms with van der Waals surface area (Å²) in [6.07, 6.45) is -3.26. The van der Waals surface area contributed by atoms with Crippen LogP contribution in [0.25, 0.3) is 16.9 Å². The van der Waals surface area contributed by atoms with E-state index in [1.807, 2.05) is 0 Å². The number of benzene rings is 2. The molecule has 4 aromatic rings. The number of anilines is 1. The van der Waals surface area contributed by atoms with Crippen LogP contribution in [-0.4, -0.2) is 30.7 Å². The smallest absolute Gasteiger partial charge is 0.399 e. The molecule has 0 fully saturated rings. The average Bonchev–Trinajstić information content (AvgIpc) is 3.22. The van der Waals surface area contributed by atoms with E-state index >= 15 is 0 Å². The van der Waals surface area contributed by atoms with Crippen LogP contribution in [0.4, 0.5) is 23.2 Å². The summed E-state index contributed by atoms with van der Waals surface area (Å²) in [7, 11) is 1.60. The Labute approximate surface area is 201 Å². The third-order valence-corrected chi connectivity index (χ3v) is 5.60. The van der Waals surface area contributed by atoms with Gasteiger partial charge in [0, 0.05) is 30.3 Å². The van der Waals surface area contributed by atoms with Gasteiger partial charge in [0.2, 0.25) is 0 Å². The van der Waals surface area contributed by atoms with Crippen LogP contribution < -0.4 is 17.0 Å². The van der Waals surface area contributed by atoms with Gasteiger partial charge in [-0.3, -0.25) is 9.59 Å². The summed E-state index contributed by atoms with van der Waals surface area (Å²) < 4.78 is 56.5. The summed E-state index contributed by atoms with van der Waals surface area (Å²) in [6, 6.07) is 7.66. The number of halogens is 4. The number of nitrogens with zero attached hydrogens (tertiary/aromatic N) is 5. The fourth-order valence-corrected chi connectivity index (χ4v) is 3.84. The van der Waals surface area contributed by atoms with Crippen molar-refractivity contribution in [3.8, 4) is 16.9 Å². The lowest BCUT2D eigenvalue weighted by Gasteiger charge is -2.18. The van der Waals surface area contributed by atoms with Crippen molar-refractivity contribution in [2.45, 2.75) is 19.0 Å². The van der Waals surface area contributed by atoms with Crippen molar-refractivity contribution >= 4 is 11.6 Å². The van der Waals surface area contributed by atoms with Gasteiger partial charge in [-0.2, -0.15) is 23.0 Å².